The van der Waals surface area contributed by atoms with E-state index in [9.17, 15) is 9.59 Å². The summed E-state index contributed by atoms with van der Waals surface area (Å²) in [5, 5.41) is 7.70. The maximum Gasteiger partial charge on any atom is 0.419 e. The first kappa shape index (κ1) is 17.5. The van der Waals surface area contributed by atoms with Crippen LogP contribution < -0.4 is 11.1 Å². The van der Waals surface area contributed by atoms with Crippen molar-refractivity contribution in [3.8, 4) is 5.69 Å². The molecule has 29 heavy (non-hydrogen) atoms. The number of benzene rings is 2. The number of hydrogen-bond donors (Lipinski definition) is 1. The Balaban J connectivity index is 1.55. The molecule has 1 amide bonds. The third kappa shape index (κ3) is 2.95. The van der Waals surface area contributed by atoms with E-state index in [-0.39, 0.29) is 11.5 Å². The normalized spacial score (nSPS) is 18.1. The second kappa shape index (κ2) is 6.48. The van der Waals surface area contributed by atoms with Crippen molar-refractivity contribution >= 4 is 22.8 Å². The van der Waals surface area contributed by atoms with Crippen LogP contribution in [0.1, 0.15) is 35.3 Å². The average molecular weight is 388 g/mol. The van der Waals surface area contributed by atoms with E-state index in [1.807, 2.05) is 36.4 Å². The predicted octanol–water partition coefficient (Wildman–Crippen LogP) is 3.69. The number of hydrogen-bond acceptors (Lipinski definition) is 4. The van der Waals surface area contributed by atoms with Crippen LogP contribution in [0.2, 0.25) is 0 Å². The van der Waals surface area contributed by atoms with Crippen molar-refractivity contribution in [1.82, 2.24) is 14.3 Å². The number of amides is 1. The molecule has 1 aliphatic carbocycles. The van der Waals surface area contributed by atoms with Crippen LogP contribution >= 0.6 is 0 Å². The molecule has 4 aromatic rings. The largest absolute Gasteiger partial charge is 0.419 e. The minimum Gasteiger partial charge on any atom is -0.407 e. The Labute approximate surface area is 166 Å². The molecule has 2 atom stereocenters. The fourth-order valence-electron chi connectivity index (χ4n) is 3.68. The molecule has 5 rings (SSSR count). The summed E-state index contributed by atoms with van der Waals surface area (Å²) in [6.45, 7) is 2.20. The number of aromatic nitrogens is 3. The summed E-state index contributed by atoms with van der Waals surface area (Å²) in [7, 11) is 1.61. The van der Waals surface area contributed by atoms with Gasteiger partial charge in [-0.1, -0.05) is 31.2 Å². The molecule has 146 valence electrons. The molecule has 1 N–H and O–H groups in total. The van der Waals surface area contributed by atoms with Crippen LogP contribution in [0.4, 0.5) is 5.82 Å². The van der Waals surface area contributed by atoms with Crippen molar-refractivity contribution in [2.45, 2.75) is 19.3 Å². The number of fused-ring (bicyclic) bond motifs is 1. The number of nitrogens with one attached hydrogen (secondary N) is 1. The number of rotatable bonds is 4. The molecule has 0 aliphatic heterocycles. The van der Waals surface area contributed by atoms with E-state index in [2.05, 4.69) is 12.2 Å². The van der Waals surface area contributed by atoms with Gasteiger partial charge in [0, 0.05) is 19.0 Å². The first-order chi connectivity index (χ1) is 14.0. The average Bonchev–Trinajstić information content (AvgIpc) is 3.19. The zero-order valence-corrected chi connectivity index (χ0v) is 16.1. The number of carbonyl (C=O) groups excluding carboxylic acids is 1. The molecule has 0 radical (unpaired) electrons. The molecule has 0 spiro atoms. The summed E-state index contributed by atoms with van der Waals surface area (Å²) in [6.07, 6.45) is 1.10. The zero-order chi connectivity index (χ0) is 20.1. The molecule has 0 bridgehead atoms. The molecule has 1 fully saturated rings. The van der Waals surface area contributed by atoms with Gasteiger partial charge in [-0.05, 0) is 36.6 Å². The highest BCUT2D eigenvalue weighted by molar-refractivity contribution is 6.10. The van der Waals surface area contributed by atoms with Crippen LogP contribution in [0.25, 0.3) is 16.8 Å². The van der Waals surface area contributed by atoms with Gasteiger partial charge in [0.1, 0.15) is 5.82 Å². The Kier molecular flexibility index (Phi) is 3.91. The second-order valence-electron chi connectivity index (χ2n) is 7.56. The summed E-state index contributed by atoms with van der Waals surface area (Å²) in [6, 6.07) is 16.7. The van der Waals surface area contributed by atoms with E-state index in [1.54, 1.807) is 29.9 Å². The first-order valence-corrected chi connectivity index (χ1v) is 9.58. The van der Waals surface area contributed by atoms with Gasteiger partial charge in [-0.15, -0.1) is 0 Å². The van der Waals surface area contributed by atoms with Crippen LogP contribution in [-0.2, 0) is 7.05 Å². The summed E-state index contributed by atoms with van der Waals surface area (Å²) >= 11 is 0. The van der Waals surface area contributed by atoms with Crippen LogP contribution in [-0.4, -0.2) is 20.3 Å². The van der Waals surface area contributed by atoms with Gasteiger partial charge in [-0.3, -0.25) is 9.36 Å². The lowest BCUT2D eigenvalue weighted by Crippen LogP contribution is -2.15. The van der Waals surface area contributed by atoms with Gasteiger partial charge < -0.3 is 9.73 Å². The fraction of sp³-hybridized carbons (Fsp3) is 0.227. The fourth-order valence-corrected chi connectivity index (χ4v) is 3.68. The number of carbonyl (C=O) groups is 1. The molecular formula is C22H20N4O3. The Bertz CT molecular complexity index is 1280. The molecule has 2 aromatic carbocycles. The number of nitrogens with zero attached hydrogens (tertiary/aromatic N) is 3. The molecule has 2 aromatic heterocycles. The van der Waals surface area contributed by atoms with Gasteiger partial charge in [0.05, 0.1) is 22.5 Å². The predicted molar refractivity (Wildman–Crippen MR) is 109 cm³/mol. The summed E-state index contributed by atoms with van der Waals surface area (Å²) in [4.78, 5) is 24.9. The highest BCUT2D eigenvalue weighted by Gasteiger charge is 2.37. The quantitative estimate of drug-likeness (QED) is 0.578. The lowest BCUT2D eigenvalue weighted by Gasteiger charge is -2.09. The number of aryl methyl sites for hydroxylation is 1. The van der Waals surface area contributed by atoms with Crippen LogP contribution in [0.3, 0.4) is 0 Å². The maximum absolute atomic E-state index is 13.1. The van der Waals surface area contributed by atoms with Crippen molar-refractivity contribution in [2.24, 2.45) is 13.0 Å². The Morgan fingerprint density at radius 1 is 1.17 bits per heavy atom. The monoisotopic (exact) mass is 388 g/mol. The molecule has 0 saturated heterocycles. The van der Waals surface area contributed by atoms with E-state index >= 15 is 0 Å². The van der Waals surface area contributed by atoms with Crippen LogP contribution in [0.15, 0.2) is 63.8 Å². The van der Waals surface area contributed by atoms with Gasteiger partial charge in [-0.25, -0.2) is 9.48 Å². The van der Waals surface area contributed by atoms with E-state index in [0.29, 0.717) is 28.7 Å². The van der Waals surface area contributed by atoms with Crippen molar-refractivity contribution in [3.05, 3.63) is 76.4 Å². The number of para-hydroxylation sites is 2. The minimum absolute atomic E-state index is 0.277. The first-order valence-electron chi connectivity index (χ1n) is 9.58. The number of anilines is 1. The third-order valence-electron chi connectivity index (χ3n) is 5.52. The molecule has 7 nitrogen and oxygen atoms in total. The molecule has 1 aliphatic rings. The standard InChI is InChI=1S/C22H20N4O3/c1-13-11-16(13)17-12-19(26(24-17)14-7-4-3-5-8-14)23-21(27)15-9-6-10-18-20(15)29-22(28)25(18)2/h3-10,12-13,16H,11H2,1-2H3,(H,23,27)/t13-,16-/m1/s1. The highest BCUT2D eigenvalue weighted by Crippen LogP contribution is 2.47. The van der Waals surface area contributed by atoms with Crippen LogP contribution in [0.5, 0.6) is 0 Å². The molecule has 0 unspecified atom stereocenters. The van der Waals surface area contributed by atoms with Gasteiger partial charge in [0.25, 0.3) is 5.91 Å². The van der Waals surface area contributed by atoms with Crippen molar-refractivity contribution in [1.29, 1.82) is 0 Å². The summed E-state index contributed by atoms with van der Waals surface area (Å²) in [5.74, 6) is 0.763. The Morgan fingerprint density at radius 2 is 1.93 bits per heavy atom. The van der Waals surface area contributed by atoms with E-state index in [4.69, 9.17) is 9.52 Å². The minimum atomic E-state index is -0.500. The van der Waals surface area contributed by atoms with E-state index in [0.717, 1.165) is 17.8 Å². The van der Waals surface area contributed by atoms with Crippen LogP contribution in [0, 0.1) is 5.92 Å². The lowest BCUT2D eigenvalue weighted by molar-refractivity contribution is 0.102. The van der Waals surface area contributed by atoms with Crippen molar-refractivity contribution < 1.29 is 9.21 Å². The molecular weight excluding hydrogens is 368 g/mol. The number of oxazole rings is 1. The van der Waals surface area contributed by atoms with E-state index < -0.39 is 5.76 Å². The Hall–Kier alpha value is -3.61. The topological polar surface area (TPSA) is 82.1 Å². The van der Waals surface area contributed by atoms with Gasteiger partial charge in [0.15, 0.2) is 5.58 Å². The highest BCUT2D eigenvalue weighted by atomic mass is 16.4. The Morgan fingerprint density at radius 3 is 2.66 bits per heavy atom. The van der Waals surface area contributed by atoms with Crippen molar-refractivity contribution in [3.63, 3.8) is 0 Å². The summed E-state index contributed by atoms with van der Waals surface area (Å²) < 4.78 is 8.43. The second-order valence-corrected chi connectivity index (χ2v) is 7.56. The third-order valence-corrected chi connectivity index (χ3v) is 5.52. The van der Waals surface area contributed by atoms with E-state index in [1.165, 1.54) is 4.57 Å². The SMILES string of the molecule is C[C@@H]1C[C@H]1c1cc(NC(=O)c2cccc3c2oc(=O)n3C)n(-c2ccccc2)n1. The van der Waals surface area contributed by atoms with Crippen molar-refractivity contribution in [2.75, 3.05) is 5.32 Å². The molecule has 1 saturated carbocycles. The van der Waals surface area contributed by atoms with Gasteiger partial charge in [0.2, 0.25) is 0 Å². The zero-order valence-electron chi connectivity index (χ0n) is 16.1. The smallest absolute Gasteiger partial charge is 0.407 e. The summed E-state index contributed by atoms with van der Waals surface area (Å²) in [5.41, 5.74) is 3.00. The van der Waals surface area contributed by atoms with Gasteiger partial charge in [-0.2, -0.15) is 5.10 Å². The molecule has 7 heteroatoms. The van der Waals surface area contributed by atoms with Gasteiger partial charge >= 0.3 is 5.76 Å². The lowest BCUT2D eigenvalue weighted by atomic mass is 10.2. The maximum atomic E-state index is 13.1. The molecule has 2 heterocycles.